The Bertz CT molecular complexity index is 381. The Morgan fingerprint density at radius 2 is 2.19 bits per heavy atom. The number of benzene rings is 1. The highest BCUT2D eigenvalue weighted by atomic mass is 19.1. The number of hydrogen-bond acceptors (Lipinski definition) is 3. The molecule has 3 nitrogen and oxygen atoms in total. The Balaban J connectivity index is 3.13. The zero-order chi connectivity index (χ0) is 12.3. The standard InChI is InChI=1S/C11H12F2O3/c1-6-3-7(10(14)11(15)16-2)4-9(13)8(6)5-12/h3-4,10,14H,5H2,1-2H3. The molecule has 1 N–H and O–H groups in total. The van der Waals surface area contributed by atoms with E-state index in [1.54, 1.807) is 0 Å². The molecule has 0 aromatic heterocycles. The van der Waals surface area contributed by atoms with Gasteiger partial charge in [0.1, 0.15) is 12.5 Å². The highest BCUT2D eigenvalue weighted by Crippen LogP contribution is 2.22. The molecular weight excluding hydrogens is 218 g/mol. The molecule has 0 aliphatic heterocycles. The van der Waals surface area contributed by atoms with E-state index in [0.717, 1.165) is 13.2 Å². The summed E-state index contributed by atoms with van der Waals surface area (Å²) in [6.45, 7) is 0.581. The van der Waals surface area contributed by atoms with E-state index in [-0.39, 0.29) is 11.1 Å². The molecular formula is C11H12F2O3. The first-order chi connectivity index (χ1) is 7.51. The van der Waals surface area contributed by atoms with Crippen molar-refractivity contribution in [3.8, 4) is 0 Å². The molecule has 1 unspecified atom stereocenters. The molecule has 0 bridgehead atoms. The van der Waals surface area contributed by atoms with E-state index in [4.69, 9.17) is 0 Å². The maximum Gasteiger partial charge on any atom is 0.339 e. The van der Waals surface area contributed by atoms with Gasteiger partial charge in [-0.2, -0.15) is 0 Å². The Morgan fingerprint density at radius 3 is 2.62 bits per heavy atom. The minimum atomic E-state index is -1.55. The van der Waals surface area contributed by atoms with Gasteiger partial charge in [-0.1, -0.05) is 6.07 Å². The van der Waals surface area contributed by atoms with Crippen molar-refractivity contribution in [2.24, 2.45) is 0 Å². The molecule has 1 atom stereocenters. The van der Waals surface area contributed by atoms with E-state index in [0.29, 0.717) is 5.56 Å². The molecule has 1 aromatic carbocycles. The summed E-state index contributed by atoms with van der Waals surface area (Å²) in [4.78, 5) is 11.0. The van der Waals surface area contributed by atoms with Crippen molar-refractivity contribution in [2.75, 3.05) is 7.11 Å². The molecule has 0 radical (unpaired) electrons. The van der Waals surface area contributed by atoms with E-state index in [2.05, 4.69) is 4.74 Å². The lowest BCUT2D eigenvalue weighted by atomic mass is 10.0. The zero-order valence-corrected chi connectivity index (χ0v) is 8.96. The normalized spacial score (nSPS) is 12.3. The molecule has 1 rings (SSSR count). The third-order valence-electron chi connectivity index (χ3n) is 2.31. The summed E-state index contributed by atoms with van der Waals surface area (Å²) in [6.07, 6.45) is -1.55. The second kappa shape index (κ2) is 5.03. The second-order valence-corrected chi connectivity index (χ2v) is 3.36. The molecule has 5 heteroatoms. The predicted octanol–water partition coefficient (Wildman–Crippen LogP) is 1.81. The first kappa shape index (κ1) is 12.6. The van der Waals surface area contributed by atoms with Gasteiger partial charge in [-0.15, -0.1) is 0 Å². The lowest BCUT2D eigenvalue weighted by Gasteiger charge is -2.11. The molecule has 0 spiro atoms. The van der Waals surface area contributed by atoms with E-state index < -0.39 is 24.6 Å². The SMILES string of the molecule is COC(=O)C(O)c1cc(C)c(CF)c(F)c1. The third kappa shape index (κ3) is 2.36. The Kier molecular flexibility index (Phi) is 3.95. The first-order valence-corrected chi connectivity index (χ1v) is 4.62. The summed E-state index contributed by atoms with van der Waals surface area (Å²) >= 11 is 0. The van der Waals surface area contributed by atoms with Gasteiger partial charge in [0.25, 0.3) is 0 Å². The fourth-order valence-electron chi connectivity index (χ4n) is 1.38. The number of ether oxygens (including phenoxy) is 1. The van der Waals surface area contributed by atoms with E-state index >= 15 is 0 Å². The summed E-state index contributed by atoms with van der Waals surface area (Å²) in [7, 11) is 1.12. The van der Waals surface area contributed by atoms with Crippen LogP contribution in [-0.4, -0.2) is 18.2 Å². The number of carbonyl (C=O) groups excluding carboxylic acids is 1. The lowest BCUT2D eigenvalue weighted by Crippen LogP contribution is -2.14. The number of methoxy groups -OCH3 is 1. The smallest absolute Gasteiger partial charge is 0.339 e. The van der Waals surface area contributed by atoms with Crippen molar-refractivity contribution in [1.29, 1.82) is 0 Å². The highest BCUT2D eigenvalue weighted by molar-refractivity contribution is 5.76. The van der Waals surface area contributed by atoms with Crippen LogP contribution < -0.4 is 0 Å². The number of alkyl halides is 1. The molecule has 88 valence electrons. The van der Waals surface area contributed by atoms with Crippen molar-refractivity contribution in [1.82, 2.24) is 0 Å². The van der Waals surface area contributed by atoms with Crippen LogP contribution in [-0.2, 0) is 16.2 Å². The molecule has 16 heavy (non-hydrogen) atoms. The maximum absolute atomic E-state index is 13.3. The summed E-state index contributed by atoms with van der Waals surface area (Å²) in [5, 5.41) is 9.47. The Morgan fingerprint density at radius 1 is 1.56 bits per heavy atom. The van der Waals surface area contributed by atoms with Crippen LogP contribution in [0.15, 0.2) is 12.1 Å². The van der Waals surface area contributed by atoms with Gasteiger partial charge in [0.15, 0.2) is 6.10 Å². The topological polar surface area (TPSA) is 46.5 Å². The van der Waals surface area contributed by atoms with Gasteiger partial charge in [0, 0.05) is 5.56 Å². The van der Waals surface area contributed by atoms with Crippen LogP contribution in [0.1, 0.15) is 22.8 Å². The van der Waals surface area contributed by atoms with Gasteiger partial charge in [0.2, 0.25) is 0 Å². The van der Waals surface area contributed by atoms with Gasteiger partial charge in [0.05, 0.1) is 7.11 Å². The third-order valence-corrected chi connectivity index (χ3v) is 2.31. The number of aliphatic hydroxyl groups excluding tert-OH is 1. The van der Waals surface area contributed by atoms with Crippen LogP contribution in [0, 0.1) is 12.7 Å². The summed E-state index contributed by atoms with van der Waals surface area (Å²) in [6, 6.07) is 2.29. The van der Waals surface area contributed by atoms with Gasteiger partial charge in [-0.25, -0.2) is 13.6 Å². The summed E-state index contributed by atoms with van der Waals surface area (Å²) < 4.78 is 30.1. The van der Waals surface area contributed by atoms with Crippen molar-refractivity contribution in [3.05, 3.63) is 34.6 Å². The fourth-order valence-corrected chi connectivity index (χ4v) is 1.38. The number of aliphatic hydroxyl groups is 1. The van der Waals surface area contributed by atoms with Crippen molar-refractivity contribution in [2.45, 2.75) is 19.7 Å². The molecule has 0 fully saturated rings. The summed E-state index contributed by atoms with van der Waals surface area (Å²) in [5.74, 6) is -1.66. The van der Waals surface area contributed by atoms with E-state index in [1.807, 2.05) is 0 Å². The maximum atomic E-state index is 13.3. The largest absolute Gasteiger partial charge is 0.467 e. The first-order valence-electron chi connectivity index (χ1n) is 4.62. The predicted molar refractivity (Wildman–Crippen MR) is 52.9 cm³/mol. The zero-order valence-electron chi connectivity index (χ0n) is 8.96. The van der Waals surface area contributed by atoms with Gasteiger partial charge >= 0.3 is 5.97 Å². The number of carbonyl (C=O) groups is 1. The van der Waals surface area contributed by atoms with E-state index in [1.165, 1.54) is 13.0 Å². The molecule has 1 aromatic rings. The number of halogens is 2. The molecule has 0 saturated carbocycles. The number of hydrogen-bond donors (Lipinski definition) is 1. The molecule has 0 aliphatic carbocycles. The van der Waals surface area contributed by atoms with Crippen LogP contribution in [0.25, 0.3) is 0 Å². The average molecular weight is 230 g/mol. The quantitative estimate of drug-likeness (QED) is 0.805. The minimum Gasteiger partial charge on any atom is -0.467 e. The number of aryl methyl sites for hydroxylation is 1. The van der Waals surface area contributed by atoms with Crippen molar-refractivity contribution in [3.63, 3.8) is 0 Å². The van der Waals surface area contributed by atoms with Crippen molar-refractivity contribution < 1.29 is 23.4 Å². The minimum absolute atomic E-state index is 0.0547. The molecule has 0 amide bonds. The van der Waals surface area contributed by atoms with Crippen LogP contribution in [0.5, 0.6) is 0 Å². The average Bonchev–Trinajstić information content (AvgIpc) is 2.26. The molecule has 0 aliphatic rings. The highest BCUT2D eigenvalue weighted by Gasteiger charge is 2.20. The Hall–Kier alpha value is -1.49. The monoisotopic (exact) mass is 230 g/mol. The summed E-state index contributed by atoms with van der Waals surface area (Å²) in [5.41, 5.74) is 0.334. The second-order valence-electron chi connectivity index (χ2n) is 3.36. The van der Waals surface area contributed by atoms with Gasteiger partial charge in [-0.3, -0.25) is 0 Å². The van der Waals surface area contributed by atoms with Crippen LogP contribution in [0.4, 0.5) is 8.78 Å². The fraction of sp³-hybridized carbons (Fsp3) is 0.364. The van der Waals surface area contributed by atoms with Crippen LogP contribution in [0.2, 0.25) is 0 Å². The van der Waals surface area contributed by atoms with Crippen LogP contribution >= 0.6 is 0 Å². The Labute approximate surface area is 91.7 Å². The number of esters is 1. The molecule has 0 saturated heterocycles. The van der Waals surface area contributed by atoms with E-state index in [9.17, 15) is 18.7 Å². The van der Waals surface area contributed by atoms with Gasteiger partial charge in [-0.05, 0) is 24.1 Å². The van der Waals surface area contributed by atoms with Crippen LogP contribution in [0.3, 0.4) is 0 Å². The van der Waals surface area contributed by atoms with Gasteiger partial charge < -0.3 is 9.84 Å². The molecule has 0 heterocycles. The number of rotatable bonds is 3. The lowest BCUT2D eigenvalue weighted by molar-refractivity contribution is -0.150. The van der Waals surface area contributed by atoms with Crippen molar-refractivity contribution >= 4 is 5.97 Å².